The summed E-state index contributed by atoms with van der Waals surface area (Å²) < 4.78 is 0. The van der Waals surface area contributed by atoms with Crippen molar-refractivity contribution in [2.75, 3.05) is 18.0 Å². The van der Waals surface area contributed by atoms with Crippen molar-refractivity contribution in [1.82, 2.24) is 10.6 Å². The van der Waals surface area contributed by atoms with Crippen LogP contribution in [0.25, 0.3) is 0 Å². The van der Waals surface area contributed by atoms with Gasteiger partial charge in [0, 0.05) is 19.5 Å². The molecule has 1 aliphatic heterocycles. The molecule has 0 spiro atoms. The van der Waals surface area contributed by atoms with Crippen molar-refractivity contribution in [3.8, 4) is 0 Å². The maximum absolute atomic E-state index is 12.3. The van der Waals surface area contributed by atoms with E-state index in [1.54, 1.807) is 6.08 Å². The van der Waals surface area contributed by atoms with Crippen LogP contribution in [0.15, 0.2) is 30.9 Å². The third kappa shape index (κ3) is 3.16. The second kappa shape index (κ2) is 6.30. The lowest BCUT2D eigenvalue weighted by Gasteiger charge is -2.39. The smallest absolute Gasteiger partial charge is 0.404 e. The highest BCUT2D eigenvalue weighted by Gasteiger charge is 2.30. The minimum absolute atomic E-state index is 0.122. The van der Waals surface area contributed by atoms with E-state index < -0.39 is 6.09 Å². The van der Waals surface area contributed by atoms with Crippen LogP contribution in [-0.4, -0.2) is 36.4 Å². The summed E-state index contributed by atoms with van der Waals surface area (Å²) in [5.74, 6) is -0.122. The zero-order valence-electron chi connectivity index (χ0n) is 11.9. The number of nitrogens with zero attached hydrogens (tertiary/aromatic N) is 1. The highest BCUT2D eigenvalue weighted by atomic mass is 16.4. The second-order valence-corrected chi connectivity index (χ2v) is 4.92. The summed E-state index contributed by atoms with van der Waals surface area (Å²) in [6.07, 6.45) is 0.931. The van der Waals surface area contributed by atoms with Gasteiger partial charge in [-0.25, -0.2) is 4.79 Å². The molecule has 3 N–H and O–H groups in total. The van der Waals surface area contributed by atoms with Gasteiger partial charge in [0.1, 0.15) is 6.17 Å². The third-order valence-electron chi connectivity index (χ3n) is 3.48. The number of carboxylic acid groups (broad SMARTS) is 1. The summed E-state index contributed by atoms with van der Waals surface area (Å²) in [5.41, 5.74) is 2.45. The van der Waals surface area contributed by atoms with Crippen molar-refractivity contribution in [2.45, 2.75) is 19.5 Å². The Labute approximate surface area is 123 Å². The normalized spacial score (nSPS) is 16.9. The summed E-state index contributed by atoms with van der Waals surface area (Å²) >= 11 is 0. The van der Waals surface area contributed by atoms with E-state index >= 15 is 0 Å². The molecule has 0 bridgehead atoms. The Balaban J connectivity index is 2.26. The number of carbonyl (C=O) groups excluding carboxylic acids is 1. The van der Waals surface area contributed by atoms with Gasteiger partial charge in [0.15, 0.2) is 0 Å². The van der Waals surface area contributed by atoms with Gasteiger partial charge in [0.05, 0.1) is 11.3 Å². The Bertz CT molecular complexity index is 571. The SMILES string of the molecule is C=CCN1c2cccc(C)c2C(=O)NC1CCNC(=O)O. The molecule has 0 saturated carbocycles. The van der Waals surface area contributed by atoms with E-state index in [0.29, 0.717) is 18.5 Å². The molecule has 2 amide bonds. The minimum Gasteiger partial charge on any atom is -0.465 e. The highest BCUT2D eigenvalue weighted by Crippen LogP contribution is 2.29. The number of fused-ring (bicyclic) bond motifs is 1. The lowest BCUT2D eigenvalue weighted by molar-refractivity contribution is 0.0925. The van der Waals surface area contributed by atoms with Gasteiger partial charge in [-0.1, -0.05) is 18.2 Å². The molecule has 1 unspecified atom stereocenters. The van der Waals surface area contributed by atoms with Gasteiger partial charge in [-0.2, -0.15) is 0 Å². The first kappa shape index (κ1) is 14.9. The van der Waals surface area contributed by atoms with Crippen molar-refractivity contribution in [2.24, 2.45) is 0 Å². The molecule has 0 aliphatic carbocycles. The lowest BCUT2D eigenvalue weighted by atomic mass is 10.0. The molecule has 2 rings (SSSR count). The fourth-order valence-electron chi connectivity index (χ4n) is 2.56. The fraction of sp³-hybridized carbons (Fsp3) is 0.333. The zero-order valence-corrected chi connectivity index (χ0v) is 11.9. The van der Waals surface area contributed by atoms with Crippen LogP contribution >= 0.6 is 0 Å². The Morgan fingerprint density at radius 1 is 1.57 bits per heavy atom. The van der Waals surface area contributed by atoms with Gasteiger partial charge in [0.2, 0.25) is 0 Å². The van der Waals surface area contributed by atoms with E-state index in [9.17, 15) is 9.59 Å². The molecule has 0 radical (unpaired) electrons. The Morgan fingerprint density at radius 2 is 2.33 bits per heavy atom. The molecule has 0 saturated heterocycles. The van der Waals surface area contributed by atoms with Crippen LogP contribution in [0.4, 0.5) is 10.5 Å². The predicted molar refractivity (Wildman–Crippen MR) is 80.6 cm³/mol. The van der Waals surface area contributed by atoms with E-state index in [1.165, 1.54) is 0 Å². The molecule has 21 heavy (non-hydrogen) atoms. The molecule has 6 nitrogen and oxygen atoms in total. The van der Waals surface area contributed by atoms with Crippen LogP contribution < -0.4 is 15.5 Å². The van der Waals surface area contributed by atoms with Crippen molar-refractivity contribution in [3.63, 3.8) is 0 Å². The topological polar surface area (TPSA) is 81.7 Å². The molecule has 1 aromatic rings. The molecule has 112 valence electrons. The maximum Gasteiger partial charge on any atom is 0.404 e. The molecular weight excluding hydrogens is 270 g/mol. The van der Waals surface area contributed by atoms with Crippen molar-refractivity contribution < 1.29 is 14.7 Å². The number of nitrogens with one attached hydrogen (secondary N) is 2. The van der Waals surface area contributed by atoms with E-state index in [1.807, 2.05) is 30.0 Å². The van der Waals surface area contributed by atoms with Crippen LogP contribution in [0, 0.1) is 6.92 Å². The number of hydrogen-bond acceptors (Lipinski definition) is 3. The fourth-order valence-corrected chi connectivity index (χ4v) is 2.56. The van der Waals surface area contributed by atoms with Crippen molar-refractivity contribution >= 4 is 17.7 Å². The van der Waals surface area contributed by atoms with Crippen LogP contribution in [-0.2, 0) is 0 Å². The van der Waals surface area contributed by atoms with E-state index in [-0.39, 0.29) is 18.6 Å². The number of hydrogen-bond donors (Lipinski definition) is 3. The third-order valence-corrected chi connectivity index (χ3v) is 3.48. The van der Waals surface area contributed by atoms with Crippen molar-refractivity contribution in [3.05, 3.63) is 42.0 Å². The van der Waals surface area contributed by atoms with E-state index in [0.717, 1.165) is 11.3 Å². The molecule has 6 heteroatoms. The van der Waals surface area contributed by atoms with Crippen LogP contribution in [0.5, 0.6) is 0 Å². The lowest BCUT2D eigenvalue weighted by Crippen LogP contribution is -2.54. The Kier molecular flexibility index (Phi) is 4.47. The monoisotopic (exact) mass is 289 g/mol. The zero-order chi connectivity index (χ0) is 15.4. The number of aryl methyl sites for hydroxylation is 1. The predicted octanol–water partition coefficient (Wildman–Crippen LogP) is 1.71. The van der Waals surface area contributed by atoms with E-state index in [2.05, 4.69) is 17.2 Å². The summed E-state index contributed by atoms with van der Waals surface area (Å²) in [5, 5.41) is 13.9. The number of rotatable bonds is 5. The average molecular weight is 289 g/mol. The summed E-state index contributed by atoms with van der Waals surface area (Å²) in [4.78, 5) is 24.8. The largest absolute Gasteiger partial charge is 0.465 e. The minimum atomic E-state index is -1.07. The molecule has 1 aromatic carbocycles. The number of carbonyl (C=O) groups is 2. The van der Waals surface area contributed by atoms with Gasteiger partial charge in [0.25, 0.3) is 5.91 Å². The molecule has 0 aromatic heterocycles. The Hall–Kier alpha value is -2.50. The van der Waals surface area contributed by atoms with Crippen molar-refractivity contribution in [1.29, 1.82) is 0 Å². The highest BCUT2D eigenvalue weighted by molar-refractivity contribution is 6.03. The summed E-state index contributed by atoms with van der Waals surface area (Å²) in [7, 11) is 0. The summed E-state index contributed by atoms with van der Waals surface area (Å²) in [6.45, 7) is 6.50. The second-order valence-electron chi connectivity index (χ2n) is 4.92. The van der Waals surface area contributed by atoms with E-state index in [4.69, 9.17) is 5.11 Å². The van der Waals surface area contributed by atoms with Crippen LogP contribution in [0.3, 0.4) is 0 Å². The summed E-state index contributed by atoms with van der Waals surface area (Å²) in [6, 6.07) is 5.72. The van der Waals surface area contributed by atoms with Gasteiger partial charge < -0.3 is 20.6 Å². The quantitative estimate of drug-likeness (QED) is 0.721. The van der Waals surface area contributed by atoms with Crippen LogP contribution in [0.1, 0.15) is 22.3 Å². The molecule has 1 atom stereocenters. The Morgan fingerprint density at radius 3 is 3.00 bits per heavy atom. The molecule has 0 fully saturated rings. The van der Waals surface area contributed by atoms with Gasteiger partial charge in [-0.05, 0) is 18.6 Å². The standard InChI is InChI=1S/C15H19N3O3/c1-3-9-18-11-6-4-5-10(2)13(11)14(19)17-12(18)7-8-16-15(20)21/h3-6,12,16H,1,7-9H2,2H3,(H,17,19)(H,20,21). The average Bonchev–Trinajstić information content (AvgIpc) is 2.42. The number of anilines is 1. The molecule has 1 heterocycles. The molecular formula is C15H19N3O3. The first-order chi connectivity index (χ1) is 10.0. The molecule has 1 aliphatic rings. The van der Waals surface area contributed by atoms with Gasteiger partial charge >= 0.3 is 6.09 Å². The first-order valence-corrected chi connectivity index (χ1v) is 6.79. The number of amides is 2. The van der Waals surface area contributed by atoms with Crippen LogP contribution in [0.2, 0.25) is 0 Å². The number of benzene rings is 1. The van der Waals surface area contributed by atoms with Gasteiger partial charge in [-0.15, -0.1) is 6.58 Å². The van der Waals surface area contributed by atoms with Gasteiger partial charge in [-0.3, -0.25) is 4.79 Å². The first-order valence-electron chi connectivity index (χ1n) is 6.79. The maximum atomic E-state index is 12.3.